The number of H-pyrrole nitrogens is 1. The van der Waals surface area contributed by atoms with Gasteiger partial charge in [0.2, 0.25) is 5.91 Å². The zero-order valence-electron chi connectivity index (χ0n) is 11.8. The van der Waals surface area contributed by atoms with Crippen LogP contribution in [0.2, 0.25) is 5.02 Å². The number of halogens is 1. The molecular weight excluding hydrogens is 322 g/mol. The third-order valence-electron chi connectivity index (χ3n) is 3.07. The predicted molar refractivity (Wildman–Crippen MR) is 81.6 cm³/mol. The summed E-state index contributed by atoms with van der Waals surface area (Å²) in [4.78, 5) is 23.0. The van der Waals surface area contributed by atoms with Crippen LogP contribution in [-0.4, -0.2) is 25.8 Å². The molecule has 118 valence electrons. The van der Waals surface area contributed by atoms with Crippen molar-refractivity contribution in [2.45, 2.75) is 13.1 Å². The van der Waals surface area contributed by atoms with Crippen molar-refractivity contribution < 1.29 is 9.32 Å². The molecule has 0 aliphatic rings. The molecule has 23 heavy (non-hydrogen) atoms. The molecule has 2 aromatic heterocycles. The van der Waals surface area contributed by atoms with E-state index in [1.807, 2.05) is 12.1 Å². The molecule has 1 amide bonds. The van der Waals surface area contributed by atoms with E-state index >= 15 is 0 Å². The van der Waals surface area contributed by atoms with Crippen LogP contribution in [0.25, 0.3) is 11.3 Å². The number of carbonyl (C=O) groups is 1. The molecule has 8 nitrogen and oxygen atoms in total. The average Bonchev–Trinajstić information content (AvgIpc) is 3.15. The maximum absolute atomic E-state index is 11.8. The fraction of sp³-hybridized carbons (Fsp3) is 0.143. The number of nitrogens with zero attached hydrogens (tertiary/aromatic N) is 3. The van der Waals surface area contributed by atoms with E-state index in [9.17, 15) is 9.59 Å². The number of hydrogen-bond acceptors (Lipinski definition) is 5. The molecule has 0 aliphatic carbocycles. The SMILES string of the molecule is O=C(Cn1cn[nH]c1=O)NCc1cc(-c2cccc(Cl)c2)on1. The molecule has 1 aromatic carbocycles. The number of hydrogen-bond donors (Lipinski definition) is 2. The molecule has 3 rings (SSSR count). The molecule has 0 bridgehead atoms. The second kappa shape index (κ2) is 6.49. The molecular formula is C14H12ClN5O3. The highest BCUT2D eigenvalue weighted by Gasteiger charge is 2.09. The highest BCUT2D eigenvalue weighted by atomic mass is 35.5. The van der Waals surface area contributed by atoms with Crippen LogP contribution >= 0.6 is 11.6 Å². The van der Waals surface area contributed by atoms with Gasteiger partial charge in [0.1, 0.15) is 18.6 Å². The Balaban J connectivity index is 1.60. The monoisotopic (exact) mass is 333 g/mol. The van der Waals surface area contributed by atoms with Gasteiger partial charge >= 0.3 is 5.69 Å². The lowest BCUT2D eigenvalue weighted by Gasteiger charge is -2.01. The van der Waals surface area contributed by atoms with Gasteiger partial charge in [-0.25, -0.2) is 9.89 Å². The van der Waals surface area contributed by atoms with E-state index in [0.29, 0.717) is 16.5 Å². The van der Waals surface area contributed by atoms with E-state index in [0.717, 1.165) is 10.1 Å². The van der Waals surface area contributed by atoms with Gasteiger partial charge in [-0.1, -0.05) is 28.9 Å². The first-order valence-electron chi connectivity index (χ1n) is 6.70. The maximum Gasteiger partial charge on any atom is 0.343 e. The molecule has 3 aromatic rings. The lowest BCUT2D eigenvalue weighted by Crippen LogP contribution is -2.30. The molecule has 0 spiro atoms. The van der Waals surface area contributed by atoms with Gasteiger partial charge in [-0.3, -0.25) is 9.36 Å². The van der Waals surface area contributed by atoms with E-state index in [1.165, 1.54) is 6.33 Å². The van der Waals surface area contributed by atoms with Crippen LogP contribution in [0.15, 0.2) is 46.0 Å². The van der Waals surface area contributed by atoms with Gasteiger partial charge in [0, 0.05) is 16.7 Å². The van der Waals surface area contributed by atoms with Crippen LogP contribution in [0.1, 0.15) is 5.69 Å². The Morgan fingerprint density at radius 1 is 1.39 bits per heavy atom. The normalized spacial score (nSPS) is 10.7. The second-order valence-electron chi connectivity index (χ2n) is 4.76. The Bertz CT molecular complexity index is 882. The quantitative estimate of drug-likeness (QED) is 0.729. The zero-order chi connectivity index (χ0) is 16.2. The highest BCUT2D eigenvalue weighted by Crippen LogP contribution is 2.23. The smallest absolute Gasteiger partial charge is 0.343 e. The van der Waals surface area contributed by atoms with Crippen molar-refractivity contribution in [2.75, 3.05) is 0 Å². The van der Waals surface area contributed by atoms with E-state index in [4.69, 9.17) is 16.1 Å². The third kappa shape index (κ3) is 3.67. The number of nitrogens with one attached hydrogen (secondary N) is 2. The summed E-state index contributed by atoms with van der Waals surface area (Å²) in [5, 5.41) is 12.9. The summed E-state index contributed by atoms with van der Waals surface area (Å²) in [7, 11) is 0. The van der Waals surface area contributed by atoms with Gasteiger partial charge in [-0.15, -0.1) is 0 Å². The summed E-state index contributed by atoms with van der Waals surface area (Å²) in [6, 6.07) is 8.90. The van der Waals surface area contributed by atoms with Crippen molar-refractivity contribution in [3.8, 4) is 11.3 Å². The van der Waals surface area contributed by atoms with Gasteiger partial charge in [0.15, 0.2) is 5.76 Å². The molecule has 0 fully saturated rings. The number of aromatic amines is 1. The molecule has 0 radical (unpaired) electrons. The van der Waals surface area contributed by atoms with Gasteiger partial charge in [-0.2, -0.15) is 5.10 Å². The number of aromatic nitrogens is 4. The van der Waals surface area contributed by atoms with E-state index in [2.05, 4.69) is 20.7 Å². The minimum absolute atomic E-state index is 0.117. The van der Waals surface area contributed by atoms with Crippen LogP contribution in [0.5, 0.6) is 0 Å². The van der Waals surface area contributed by atoms with Gasteiger partial charge in [0.25, 0.3) is 0 Å². The van der Waals surface area contributed by atoms with Crippen molar-refractivity contribution in [1.29, 1.82) is 0 Å². The molecule has 0 saturated carbocycles. The Morgan fingerprint density at radius 2 is 2.26 bits per heavy atom. The summed E-state index contributed by atoms with van der Waals surface area (Å²) in [5.74, 6) is 0.226. The van der Waals surface area contributed by atoms with Crippen molar-refractivity contribution in [3.05, 3.63) is 57.9 Å². The fourth-order valence-corrected chi connectivity index (χ4v) is 2.15. The lowest BCUT2D eigenvalue weighted by atomic mass is 10.1. The van der Waals surface area contributed by atoms with Crippen LogP contribution in [0, 0.1) is 0 Å². The second-order valence-corrected chi connectivity index (χ2v) is 5.20. The van der Waals surface area contributed by atoms with Crippen molar-refractivity contribution in [2.24, 2.45) is 0 Å². The molecule has 0 aliphatic heterocycles. The molecule has 9 heteroatoms. The Hall–Kier alpha value is -2.87. The van der Waals surface area contributed by atoms with Crippen molar-refractivity contribution in [3.63, 3.8) is 0 Å². The Morgan fingerprint density at radius 3 is 3.00 bits per heavy atom. The van der Waals surface area contributed by atoms with Crippen molar-refractivity contribution >= 4 is 17.5 Å². The molecule has 2 heterocycles. The van der Waals surface area contributed by atoms with Gasteiger partial charge < -0.3 is 9.84 Å². The first-order valence-corrected chi connectivity index (χ1v) is 7.07. The lowest BCUT2D eigenvalue weighted by molar-refractivity contribution is -0.121. The van der Waals surface area contributed by atoms with E-state index in [-0.39, 0.29) is 19.0 Å². The maximum atomic E-state index is 11.8. The minimum atomic E-state index is -0.440. The summed E-state index contributed by atoms with van der Waals surface area (Å²) >= 11 is 5.93. The van der Waals surface area contributed by atoms with Crippen LogP contribution in [0.3, 0.4) is 0 Å². The Kier molecular flexibility index (Phi) is 4.24. The summed E-state index contributed by atoms with van der Waals surface area (Å²) in [6.07, 6.45) is 1.26. The number of amides is 1. The van der Waals surface area contributed by atoms with Crippen LogP contribution < -0.4 is 11.0 Å². The fourth-order valence-electron chi connectivity index (χ4n) is 1.96. The number of rotatable bonds is 5. The summed E-state index contributed by atoms with van der Waals surface area (Å²) < 4.78 is 6.40. The molecule has 0 atom stereocenters. The number of carbonyl (C=O) groups excluding carboxylic acids is 1. The zero-order valence-corrected chi connectivity index (χ0v) is 12.6. The van der Waals surface area contributed by atoms with Gasteiger partial charge in [0.05, 0.1) is 6.54 Å². The third-order valence-corrected chi connectivity index (χ3v) is 3.30. The highest BCUT2D eigenvalue weighted by molar-refractivity contribution is 6.30. The topological polar surface area (TPSA) is 106 Å². The molecule has 0 unspecified atom stereocenters. The molecule has 2 N–H and O–H groups in total. The Labute approximate surface area is 135 Å². The van der Waals surface area contributed by atoms with Crippen LogP contribution in [0.4, 0.5) is 0 Å². The number of benzene rings is 1. The first kappa shape index (κ1) is 15.0. The van der Waals surface area contributed by atoms with Gasteiger partial charge in [-0.05, 0) is 12.1 Å². The largest absolute Gasteiger partial charge is 0.356 e. The van der Waals surface area contributed by atoms with Crippen LogP contribution in [-0.2, 0) is 17.9 Å². The van der Waals surface area contributed by atoms with Crippen molar-refractivity contribution in [1.82, 2.24) is 25.2 Å². The summed E-state index contributed by atoms with van der Waals surface area (Å²) in [6.45, 7) is 0.0733. The average molecular weight is 334 g/mol. The van der Waals surface area contributed by atoms with E-state index < -0.39 is 5.69 Å². The first-order chi connectivity index (χ1) is 11.1. The minimum Gasteiger partial charge on any atom is -0.356 e. The van der Waals surface area contributed by atoms with E-state index in [1.54, 1.807) is 18.2 Å². The summed E-state index contributed by atoms with van der Waals surface area (Å²) in [5.41, 5.74) is 0.922. The molecule has 0 saturated heterocycles. The predicted octanol–water partition coefficient (Wildman–Crippen LogP) is 1.20. The standard InChI is InChI=1S/C14H12ClN5O3/c15-10-3-1-2-9(4-10)12-5-11(19-23-12)6-16-13(21)7-20-8-17-18-14(20)22/h1-5,8H,6-7H2,(H,16,21)(H,18,22).